The van der Waals surface area contributed by atoms with E-state index in [0.717, 1.165) is 19.3 Å². The molecule has 8 heteroatoms. The van der Waals surface area contributed by atoms with Crippen LogP contribution in [0.25, 0.3) is 11.1 Å². The highest BCUT2D eigenvalue weighted by Gasteiger charge is 2.72. The molecule has 0 atom stereocenters. The summed E-state index contributed by atoms with van der Waals surface area (Å²) in [5.41, 5.74) is -2.68. The average molecular weight is 656 g/mol. The van der Waals surface area contributed by atoms with E-state index in [-0.39, 0.29) is 35.1 Å². The summed E-state index contributed by atoms with van der Waals surface area (Å²) in [4.78, 5) is 0. The van der Waals surface area contributed by atoms with E-state index >= 15 is 26.3 Å². The Morgan fingerprint density at radius 2 is 1.11 bits per heavy atom. The maximum atomic E-state index is 16.6. The summed E-state index contributed by atoms with van der Waals surface area (Å²) < 4.78 is 96.3. The second-order valence-corrected chi connectivity index (χ2v) is 12.0. The summed E-state index contributed by atoms with van der Waals surface area (Å²) >= 11 is 6.52. The number of alkyl halides is 6. The highest BCUT2D eigenvalue weighted by molar-refractivity contribution is 9.10. The van der Waals surface area contributed by atoms with Gasteiger partial charge in [0.2, 0.25) is 5.92 Å². The van der Waals surface area contributed by atoms with Gasteiger partial charge in [0, 0.05) is 28.2 Å². The Kier molecular flexibility index (Phi) is 9.91. The van der Waals surface area contributed by atoms with E-state index in [2.05, 4.69) is 31.9 Å². The first-order chi connectivity index (χ1) is 17.3. The van der Waals surface area contributed by atoms with Crippen molar-refractivity contribution in [3.8, 4) is 11.1 Å². The van der Waals surface area contributed by atoms with Gasteiger partial charge in [0.25, 0.3) is 0 Å². The third kappa shape index (κ3) is 6.10. The van der Waals surface area contributed by atoms with Gasteiger partial charge in [0.1, 0.15) is 0 Å². The Labute approximate surface area is 232 Å². The summed E-state index contributed by atoms with van der Waals surface area (Å²) in [6.45, 7) is 3.84. The molecule has 1 aliphatic rings. The number of hydrogen-bond donors (Lipinski definition) is 0. The normalized spacial score (nSPS) is 15.1. The van der Waals surface area contributed by atoms with Gasteiger partial charge in [-0.25, -0.2) is 8.78 Å². The third-order valence-corrected chi connectivity index (χ3v) is 8.42. The van der Waals surface area contributed by atoms with Crippen LogP contribution in [-0.2, 0) is 5.41 Å². The molecule has 0 aliphatic heterocycles. The number of rotatable bonds is 14. The molecule has 2 aromatic carbocycles. The molecule has 0 amide bonds. The Balaban J connectivity index is 2.21. The highest BCUT2D eigenvalue weighted by Crippen LogP contribution is 2.64. The Bertz CT molecular complexity index is 1010. The summed E-state index contributed by atoms with van der Waals surface area (Å²) in [6, 6.07) is 8.95. The summed E-state index contributed by atoms with van der Waals surface area (Å²) in [6.07, 6.45) is 0.878. The minimum Gasteiger partial charge on any atom is -0.207 e. The number of hydrogen-bond acceptors (Lipinski definition) is 0. The fraction of sp³-hybridized carbons (Fsp3) is 0.586. The van der Waals surface area contributed by atoms with E-state index in [9.17, 15) is 0 Å². The molecule has 3 rings (SSSR count). The van der Waals surface area contributed by atoms with Crippen LogP contribution >= 0.6 is 31.9 Å². The van der Waals surface area contributed by atoms with Crippen molar-refractivity contribution in [3.63, 3.8) is 0 Å². The van der Waals surface area contributed by atoms with Gasteiger partial charge in [-0.05, 0) is 59.4 Å². The maximum absolute atomic E-state index is 16.6. The van der Waals surface area contributed by atoms with Crippen molar-refractivity contribution < 1.29 is 26.3 Å². The molecule has 0 aromatic heterocycles. The molecule has 0 saturated heterocycles. The molecule has 0 bridgehead atoms. The van der Waals surface area contributed by atoms with Crippen LogP contribution in [-0.4, -0.2) is 17.8 Å². The molecular formula is C29H34Br2F6. The van der Waals surface area contributed by atoms with Crippen molar-refractivity contribution in [3.05, 3.63) is 56.5 Å². The van der Waals surface area contributed by atoms with Crippen LogP contribution in [0.5, 0.6) is 0 Å². The van der Waals surface area contributed by atoms with Gasteiger partial charge in [0.15, 0.2) is 0 Å². The van der Waals surface area contributed by atoms with Gasteiger partial charge in [-0.15, -0.1) is 0 Å². The minimum atomic E-state index is -4.76. The van der Waals surface area contributed by atoms with Gasteiger partial charge in [-0.3, -0.25) is 0 Å². The molecule has 1 aliphatic carbocycles. The van der Waals surface area contributed by atoms with Crippen LogP contribution in [0.15, 0.2) is 45.3 Å². The van der Waals surface area contributed by atoms with E-state index in [0.29, 0.717) is 28.2 Å². The second kappa shape index (κ2) is 12.0. The Morgan fingerprint density at radius 3 is 1.57 bits per heavy atom. The number of halogens is 8. The van der Waals surface area contributed by atoms with E-state index in [1.165, 1.54) is 12.1 Å². The summed E-state index contributed by atoms with van der Waals surface area (Å²) in [5, 5.41) is 0. The summed E-state index contributed by atoms with van der Waals surface area (Å²) in [5.74, 6) is -12.8. The molecule has 0 spiro atoms. The number of unbranched alkanes of at least 4 members (excludes halogenated alkanes) is 6. The van der Waals surface area contributed by atoms with Gasteiger partial charge in [-0.2, -0.15) is 17.6 Å². The Morgan fingerprint density at radius 1 is 0.649 bits per heavy atom. The molecule has 37 heavy (non-hydrogen) atoms. The lowest BCUT2D eigenvalue weighted by molar-refractivity contribution is -0.251. The molecular weight excluding hydrogens is 622 g/mol. The van der Waals surface area contributed by atoms with Crippen molar-refractivity contribution >= 4 is 31.9 Å². The first-order valence-electron chi connectivity index (χ1n) is 13.1. The first-order valence-corrected chi connectivity index (χ1v) is 14.7. The van der Waals surface area contributed by atoms with E-state index in [1.54, 1.807) is 24.3 Å². The SMILES string of the molecule is CCCCCCC(F)(F)CC1(C(F)(F)C(F)(F)CCCCCC)c2cc(Br)ccc2-c2ccc(Br)cc21. The monoisotopic (exact) mass is 654 g/mol. The van der Waals surface area contributed by atoms with Gasteiger partial charge >= 0.3 is 11.8 Å². The van der Waals surface area contributed by atoms with Crippen LogP contribution < -0.4 is 0 Å². The van der Waals surface area contributed by atoms with Crippen LogP contribution in [0.3, 0.4) is 0 Å². The molecule has 0 fully saturated rings. The maximum Gasteiger partial charge on any atom is 0.323 e. The van der Waals surface area contributed by atoms with Crippen molar-refractivity contribution in [1.82, 2.24) is 0 Å². The quantitative estimate of drug-likeness (QED) is 0.140. The predicted octanol–water partition coefficient (Wildman–Crippen LogP) is 11.7. The zero-order valence-corrected chi connectivity index (χ0v) is 24.4. The molecule has 2 aromatic rings. The fourth-order valence-electron chi connectivity index (χ4n) is 5.52. The molecule has 0 unspecified atom stereocenters. The number of benzene rings is 2. The van der Waals surface area contributed by atoms with E-state index in [1.807, 2.05) is 13.8 Å². The molecule has 0 nitrogen and oxygen atoms in total. The summed E-state index contributed by atoms with van der Waals surface area (Å²) in [7, 11) is 0. The van der Waals surface area contributed by atoms with E-state index in [4.69, 9.17) is 0 Å². The van der Waals surface area contributed by atoms with Gasteiger partial charge in [-0.1, -0.05) is 96.4 Å². The molecule has 0 heterocycles. The smallest absolute Gasteiger partial charge is 0.207 e. The van der Waals surface area contributed by atoms with Gasteiger partial charge in [0.05, 0.1) is 5.41 Å². The van der Waals surface area contributed by atoms with Crippen molar-refractivity contribution in [2.75, 3.05) is 0 Å². The topological polar surface area (TPSA) is 0 Å². The largest absolute Gasteiger partial charge is 0.323 e. The van der Waals surface area contributed by atoms with E-state index < -0.39 is 42.4 Å². The fourth-order valence-corrected chi connectivity index (χ4v) is 6.25. The second-order valence-electron chi connectivity index (χ2n) is 10.2. The lowest BCUT2D eigenvalue weighted by Gasteiger charge is -2.44. The number of fused-ring (bicyclic) bond motifs is 3. The molecule has 206 valence electrons. The standard InChI is InChI=1S/C29H34Br2F6/c1-3-5-7-9-15-26(32,33)19-27(29(36,37)28(34,35)16-10-8-6-4-2)24-17-20(30)11-13-22(24)23-14-12-21(31)18-25(23)27/h11-14,17-18H,3-10,15-16,19H2,1-2H3. The van der Waals surface area contributed by atoms with Gasteiger partial charge < -0.3 is 0 Å². The molecule has 0 saturated carbocycles. The van der Waals surface area contributed by atoms with Crippen LogP contribution in [0.2, 0.25) is 0 Å². The van der Waals surface area contributed by atoms with Crippen molar-refractivity contribution in [2.24, 2.45) is 0 Å². The lowest BCUT2D eigenvalue weighted by atomic mass is 9.66. The minimum absolute atomic E-state index is 0.101. The van der Waals surface area contributed by atoms with Crippen LogP contribution in [0, 0.1) is 0 Å². The van der Waals surface area contributed by atoms with Crippen LogP contribution in [0.4, 0.5) is 26.3 Å². The highest BCUT2D eigenvalue weighted by atomic mass is 79.9. The zero-order chi connectivity index (χ0) is 27.5. The first kappa shape index (κ1) is 30.5. The molecule has 0 radical (unpaired) electrons. The van der Waals surface area contributed by atoms with Crippen molar-refractivity contribution in [1.29, 1.82) is 0 Å². The Hall–Kier alpha value is -1.02. The average Bonchev–Trinajstić information content (AvgIpc) is 3.08. The lowest BCUT2D eigenvalue weighted by Crippen LogP contribution is -2.58. The zero-order valence-electron chi connectivity index (χ0n) is 21.3. The third-order valence-electron chi connectivity index (χ3n) is 7.43. The molecule has 0 N–H and O–H groups in total. The van der Waals surface area contributed by atoms with Crippen molar-refractivity contribution in [2.45, 2.75) is 108 Å². The predicted molar refractivity (Wildman–Crippen MR) is 145 cm³/mol. The van der Waals surface area contributed by atoms with Crippen LogP contribution in [0.1, 0.15) is 95.6 Å².